The van der Waals surface area contributed by atoms with E-state index in [2.05, 4.69) is 20.0 Å². The van der Waals surface area contributed by atoms with Crippen molar-refractivity contribution in [1.29, 1.82) is 0 Å². The van der Waals surface area contributed by atoms with E-state index in [1.54, 1.807) is 12.4 Å². The molecule has 0 radical (unpaired) electrons. The maximum absolute atomic E-state index is 13.0. The van der Waals surface area contributed by atoms with E-state index < -0.39 is 16.4 Å². The smallest absolute Gasteiger partial charge is 0.236 e. The van der Waals surface area contributed by atoms with Crippen LogP contribution in [0.5, 0.6) is 0 Å². The van der Waals surface area contributed by atoms with Gasteiger partial charge in [0.1, 0.15) is 11.0 Å². The molecule has 0 saturated heterocycles. The van der Waals surface area contributed by atoms with Crippen LogP contribution >= 0.6 is 11.3 Å². The topological polar surface area (TPSA) is 104 Å². The van der Waals surface area contributed by atoms with Crippen molar-refractivity contribution >= 4 is 39.0 Å². The lowest BCUT2D eigenvalue weighted by molar-refractivity contribution is -0.120. The first kappa shape index (κ1) is 21.6. The molecule has 4 rings (SSSR count). The number of carbonyl (C=O) groups is 1. The number of nitrogens with zero attached hydrogens (tertiary/aromatic N) is 2. The Hall–Kier alpha value is -2.62. The van der Waals surface area contributed by atoms with Crippen LogP contribution in [0, 0.1) is 0 Å². The lowest BCUT2D eigenvalue weighted by Gasteiger charge is -2.21. The van der Waals surface area contributed by atoms with Crippen molar-refractivity contribution < 1.29 is 14.1 Å². The summed E-state index contributed by atoms with van der Waals surface area (Å²) in [5, 5.41) is 14.9. The molecule has 1 amide bonds. The Bertz CT molecular complexity index is 1110. The van der Waals surface area contributed by atoms with Gasteiger partial charge in [0.2, 0.25) is 5.91 Å². The fourth-order valence-corrected chi connectivity index (χ4v) is 5.05. The van der Waals surface area contributed by atoms with E-state index in [0.29, 0.717) is 16.5 Å². The Balaban J connectivity index is 1.43. The summed E-state index contributed by atoms with van der Waals surface area (Å²) in [5.41, 5.74) is 3.05. The van der Waals surface area contributed by atoms with Gasteiger partial charge in [-0.1, -0.05) is 12.1 Å². The Morgan fingerprint density at radius 2 is 1.97 bits per heavy atom. The summed E-state index contributed by atoms with van der Waals surface area (Å²) in [5.74, 6) is -0.177. The molecule has 1 aromatic carbocycles. The highest BCUT2D eigenvalue weighted by Gasteiger charge is 2.33. The van der Waals surface area contributed by atoms with Gasteiger partial charge in [-0.15, -0.1) is 11.3 Å². The Morgan fingerprint density at radius 1 is 1.23 bits per heavy atom. The van der Waals surface area contributed by atoms with Gasteiger partial charge in [-0.25, -0.2) is 9.19 Å². The quantitative estimate of drug-likeness (QED) is 0.478. The van der Waals surface area contributed by atoms with Crippen molar-refractivity contribution in [3.63, 3.8) is 0 Å². The zero-order valence-electron chi connectivity index (χ0n) is 17.3. The van der Waals surface area contributed by atoms with Crippen LogP contribution in [0.15, 0.2) is 48.1 Å². The number of pyridine rings is 1. The molecule has 2 heterocycles. The number of nitrogens with one attached hydrogen (secondary N) is 2. The van der Waals surface area contributed by atoms with Crippen LogP contribution < -0.4 is 10.0 Å². The van der Waals surface area contributed by atoms with E-state index in [9.17, 15) is 14.1 Å². The number of aliphatic hydroxyl groups excluding tert-OH is 1. The fraction of sp³-hybridized carbons (Fsp3) is 0.318. The molecule has 0 spiro atoms. The molecule has 7 nitrogen and oxygen atoms in total. The molecule has 0 aliphatic heterocycles. The first-order valence-electron chi connectivity index (χ1n) is 9.97. The molecule has 1 aliphatic rings. The highest BCUT2D eigenvalue weighted by molar-refractivity contribution is 7.87. The van der Waals surface area contributed by atoms with Gasteiger partial charge in [-0.3, -0.25) is 14.5 Å². The number of carbonyl (C=O) groups excluding carboxylic acids is 1. The normalized spacial score (nSPS) is 14.8. The van der Waals surface area contributed by atoms with Gasteiger partial charge in [0.15, 0.2) is 5.13 Å². The van der Waals surface area contributed by atoms with Gasteiger partial charge >= 0.3 is 0 Å². The molecule has 2 aromatic heterocycles. The average Bonchev–Trinajstić information content (AvgIpc) is 3.53. The molecule has 1 saturated carbocycles. The predicted octanol–water partition coefficient (Wildman–Crippen LogP) is 3.85. The van der Waals surface area contributed by atoms with Gasteiger partial charge in [-0.2, -0.15) is 0 Å². The lowest BCUT2D eigenvalue weighted by Crippen LogP contribution is -2.35. The van der Waals surface area contributed by atoms with E-state index in [1.165, 1.54) is 11.3 Å². The van der Waals surface area contributed by atoms with Gasteiger partial charge in [0.05, 0.1) is 23.0 Å². The first-order chi connectivity index (χ1) is 14.9. The minimum absolute atomic E-state index is 0.0611. The number of benzene rings is 1. The van der Waals surface area contributed by atoms with Crippen molar-refractivity contribution in [3.05, 3.63) is 59.4 Å². The molecule has 1 unspecified atom stereocenters. The van der Waals surface area contributed by atoms with E-state index >= 15 is 0 Å². The van der Waals surface area contributed by atoms with Crippen LogP contribution in [0.3, 0.4) is 0 Å². The molecule has 1 aliphatic carbocycles. The highest BCUT2D eigenvalue weighted by atomic mass is 32.2. The zero-order chi connectivity index (χ0) is 22.0. The molecule has 1 atom stereocenters. The monoisotopic (exact) mass is 456 g/mol. The standard InChI is InChI=1S/C22H24N4O3S2/c1-22(2,19-13-30-21(25-19)26-31(29)18-7-8-18)20(28)24-17-5-3-15(4-6-17)16-9-14(12-27)10-23-11-16/h3-6,9-11,13,18,27H,7-8,12H2,1-2H3,(H,24,28)(H,25,26). The lowest BCUT2D eigenvalue weighted by atomic mass is 9.89. The third-order valence-corrected chi connectivity index (χ3v) is 7.54. The number of rotatable bonds is 8. The van der Waals surface area contributed by atoms with Gasteiger partial charge in [0.25, 0.3) is 0 Å². The summed E-state index contributed by atoms with van der Waals surface area (Å²) in [6.07, 6.45) is 5.32. The van der Waals surface area contributed by atoms with E-state index in [0.717, 1.165) is 29.5 Å². The van der Waals surface area contributed by atoms with E-state index in [-0.39, 0.29) is 17.8 Å². The largest absolute Gasteiger partial charge is 0.392 e. The summed E-state index contributed by atoms with van der Waals surface area (Å²) >= 11 is 1.36. The third-order valence-electron chi connectivity index (χ3n) is 5.18. The van der Waals surface area contributed by atoms with Crippen molar-refractivity contribution in [2.24, 2.45) is 0 Å². The Morgan fingerprint density at radius 3 is 2.65 bits per heavy atom. The second kappa shape index (κ2) is 8.86. The van der Waals surface area contributed by atoms with Crippen LogP contribution in [-0.4, -0.2) is 30.4 Å². The first-order valence-corrected chi connectivity index (χ1v) is 12.1. The molecular formula is C22H24N4O3S2. The summed E-state index contributed by atoms with van der Waals surface area (Å²) in [6, 6.07) is 9.36. The van der Waals surface area contributed by atoms with Gasteiger partial charge in [0, 0.05) is 29.0 Å². The molecule has 9 heteroatoms. The van der Waals surface area contributed by atoms with E-state index in [4.69, 9.17) is 0 Å². The van der Waals surface area contributed by atoms with Gasteiger partial charge in [-0.05, 0) is 56.0 Å². The Labute approximate surface area is 187 Å². The summed E-state index contributed by atoms with van der Waals surface area (Å²) in [6.45, 7) is 3.58. The maximum atomic E-state index is 13.0. The van der Waals surface area contributed by atoms with Crippen molar-refractivity contribution in [2.75, 3.05) is 10.0 Å². The second-order valence-corrected chi connectivity index (χ2v) is 10.4. The molecule has 3 N–H and O–H groups in total. The van der Waals surface area contributed by atoms with Crippen molar-refractivity contribution in [2.45, 2.75) is 44.0 Å². The third kappa shape index (κ3) is 5.00. The maximum Gasteiger partial charge on any atom is 0.236 e. The molecule has 162 valence electrons. The van der Waals surface area contributed by atoms with Crippen LogP contribution in [0.2, 0.25) is 0 Å². The molecular weight excluding hydrogens is 432 g/mol. The second-order valence-electron chi connectivity index (χ2n) is 8.03. The number of anilines is 2. The number of amides is 1. The van der Waals surface area contributed by atoms with Crippen LogP contribution in [0.4, 0.5) is 10.8 Å². The number of hydrogen-bond acceptors (Lipinski definition) is 6. The summed E-state index contributed by atoms with van der Waals surface area (Å²) < 4.78 is 15.0. The van der Waals surface area contributed by atoms with Crippen molar-refractivity contribution in [3.8, 4) is 11.1 Å². The zero-order valence-corrected chi connectivity index (χ0v) is 18.9. The summed E-state index contributed by atoms with van der Waals surface area (Å²) in [4.78, 5) is 21.6. The average molecular weight is 457 g/mol. The minimum Gasteiger partial charge on any atom is -0.392 e. The number of aliphatic hydroxyl groups is 1. The molecule has 31 heavy (non-hydrogen) atoms. The van der Waals surface area contributed by atoms with E-state index in [1.807, 2.05) is 49.6 Å². The van der Waals surface area contributed by atoms with Crippen LogP contribution in [0.1, 0.15) is 37.9 Å². The predicted molar refractivity (Wildman–Crippen MR) is 124 cm³/mol. The van der Waals surface area contributed by atoms with Crippen molar-refractivity contribution in [1.82, 2.24) is 9.97 Å². The van der Waals surface area contributed by atoms with Crippen LogP contribution in [0.25, 0.3) is 11.1 Å². The molecule has 1 fully saturated rings. The summed E-state index contributed by atoms with van der Waals surface area (Å²) in [7, 11) is -1.11. The molecule has 3 aromatic rings. The SMILES string of the molecule is CC(C)(C(=O)Nc1ccc(-c2cncc(CO)c2)cc1)c1csc(NS(=O)C2CC2)n1. The Kier molecular flexibility index (Phi) is 6.17. The van der Waals surface area contributed by atoms with Gasteiger partial charge < -0.3 is 10.4 Å². The number of thiazole rings is 1. The highest BCUT2D eigenvalue weighted by Crippen LogP contribution is 2.31. The number of aromatic nitrogens is 2. The number of hydrogen-bond donors (Lipinski definition) is 3. The van der Waals surface area contributed by atoms with Crippen LogP contribution in [-0.2, 0) is 27.8 Å². The molecule has 0 bridgehead atoms. The fourth-order valence-electron chi connectivity index (χ4n) is 2.94. The minimum atomic E-state index is -1.11.